The summed E-state index contributed by atoms with van der Waals surface area (Å²) in [7, 11) is 3.10. The zero-order chi connectivity index (χ0) is 20.1. The Balaban J connectivity index is 1.82. The summed E-state index contributed by atoms with van der Waals surface area (Å²) in [5, 5.41) is 5.66. The maximum Gasteiger partial charge on any atom is 0.274 e. The first kappa shape index (κ1) is 19.1. The molecule has 0 aliphatic carbocycles. The van der Waals surface area contributed by atoms with Crippen LogP contribution in [0.5, 0.6) is 11.5 Å². The summed E-state index contributed by atoms with van der Waals surface area (Å²) in [6.07, 6.45) is 0. The van der Waals surface area contributed by atoms with Gasteiger partial charge in [0.15, 0.2) is 11.5 Å². The van der Waals surface area contributed by atoms with Crippen molar-refractivity contribution in [3.8, 4) is 11.5 Å². The SMILES string of the molecule is COc1ccc(Nc2nc(C)cc(C(=O)Nc3cccc(F)c3)n2)cc1OC. The molecule has 1 heterocycles. The van der Waals surface area contributed by atoms with Crippen molar-refractivity contribution in [2.24, 2.45) is 0 Å². The van der Waals surface area contributed by atoms with Crippen molar-refractivity contribution in [1.82, 2.24) is 9.97 Å². The summed E-state index contributed by atoms with van der Waals surface area (Å²) in [5.74, 6) is 0.480. The number of anilines is 3. The van der Waals surface area contributed by atoms with Gasteiger partial charge in [0, 0.05) is 23.1 Å². The Hall–Kier alpha value is -3.68. The van der Waals surface area contributed by atoms with E-state index in [1.165, 1.54) is 18.2 Å². The first-order valence-corrected chi connectivity index (χ1v) is 8.40. The van der Waals surface area contributed by atoms with E-state index in [-0.39, 0.29) is 11.6 Å². The lowest BCUT2D eigenvalue weighted by molar-refractivity contribution is 0.102. The van der Waals surface area contributed by atoms with Crippen LogP contribution in [-0.2, 0) is 0 Å². The molecule has 0 aliphatic rings. The van der Waals surface area contributed by atoms with Crippen LogP contribution in [0.25, 0.3) is 0 Å². The highest BCUT2D eigenvalue weighted by molar-refractivity contribution is 6.03. The monoisotopic (exact) mass is 382 g/mol. The fraction of sp³-hybridized carbons (Fsp3) is 0.150. The summed E-state index contributed by atoms with van der Waals surface area (Å²) in [6.45, 7) is 1.75. The van der Waals surface area contributed by atoms with Gasteiger partial charge in [0.05, 0.1) is 14.2 Å². The predicted octanol–water partition coefficient (Wildman–Crippen LogP) is 3.94. The molecule has 1 aromatic heterocycles. The minimum atomic E-state index is -0.466. The molecule has 8 heteroatoms. The van der Waals surface area contributed by atoms with Crippen LogP contribution in [0.3, 0.4) is 0 Å². The lowest BCUT2D eigenvalue weighted by atomic mass is 10.2. The van der Waals surface area contributed by atoms with Gasteiger partial charge < -0.3 is 20.1 Å². The number of hydrogen-bond acceptors (Lipinski definition) is 6. The van der Waals surface area contributed by atoms with Crippen molar-refractivity contribution < 1.29 is 18.7 Å². The summed E-state index contributed by atoms with van der Waals surface area (Å²) in [6, 6.07) is 12.4. The minimum absolute atomic E-state index is 0.153. The molecule has 0 fully saturated rings. The number of nitrogens with one attached hydrogen (secondary N) is 2. The van der Waals surface area contributed by atoms with E-state index < -0.39 is 11.7 Å². The van der Waals surface area contributed by atoms with E-state index in [9.17, 15) is 9.18 Å². The van der Waals surface area contributed by atoms with Gasteiger partial charge in [0.25, 0.3) is 5.91 Å². The number of nitrogens with zero attached hydrogens (tertiary/aromatic N) is 2. The third-order valence-corrected chi connectivity index (χ3v) is 3.81. The maximum atomic E-state index is 13.3. The Kier molecular flexibility index (Phi) is 5.69. The molecule has 0 radical (unpaired) electrons. The molecule has 0 atom stereocenters. The molecule has 7 nitrogen and oxygen atoms in total. The van der Waals surface area contributed by atoms with Gasteiger partial charge in [0.2, 0.25) is 5.95 Å². The second-order valence-corrected chi connectivity index (χ2v) is 5.88. The highest BCUT2D eigenvalue weighted by Gasteiger charge is 2.12. The Morgan fingerprint density at radius 1 is 0.964 bits per heavy atom. The third-order valence-electron chi connectivity index (χ3n) is 3.81. The maximum absolute atomic E-state index is 13.3. The van der Waals surface area contributed by atoms with Gasteiger partial charge in [-0.2, -0.15) is 0 Å². The molecule has 0 spiro atoms. The molecular formula is C20H19FN4O3. The first-order valence-electron chi connectivity index (χ1n) is 8.40. The van der Waals surface area contributed by atoms with Crippen molar-refractivity contribution in [1.29, 1.82) is 0 Å². The molecule has 1 amide bonds. The van der Waals surface area contributed by atoms with Crippen LogP contribution in [-0.4, -0.2) is 30.1 Å². The number of amides is 1. The molecule has 0 aliphatic heterocycles. The number of aryl methyl sites for hydroxylation is 1. The number of benzene rings is 2. The van der Waals surface area contributed by atoms with E-state index >= 15 is 0 Å². The van der Waals surface area contributed by atoms with Gasteiger partial charge in [-0.05, 0) is 43.3 Å². The summed E-state index contributed by atoms with van der Waals surface area (Å²) < 4.78 is 23.8. The van der Waals surface area contributed by atoms with Crippen LogP contribution in [0.2, 0.25) is 0 Å². The quantitative estimate of drug-likeness (QED) is 0.672. The van der Waals surface area contributed by atoms with Crippen LogP contribution < -0.4 is 20.1 Å². The third kappa shape index (κ3) is 4.53. The largest absolute Gasteiger partial charge is 0.493 e. The molecule has 2 N–H and O–H groups in total. The van der Waals surface area contributed by atoms with E-state index in [1.807, 2.05) is 0 Å². The molecule has 28 heavy (non-hydrogen) atoms. The average molecular weight is 382 g/mol. The average Bonchev–Trinajstić information content (AvgIpc) is 2.67. The highest BCUT2D eigenvalue weighted by Crippen LogP contribution is 2.30. The molecule has 3 rings (SSSR count). The van der Waals surface area contributed by atoms with Gasteiger partial charge in [-0.15, -0.1) is 0 Å². The van der Waals surface area contributed by atoms with Crippen LogP contribution in [0.15, 0.2) is 48.5 Å². The first-order chi connectivity index (χ1) is 13.5. The fourth-order valence-corrected chi connectivity index (χ4v) is 2.55. The number of carbonyl (C=O) groups is 1. The number of rotatable bonds is 6. The van der Waals surface area contributed by atoms with E-state index in [0.29, 0.717) is 28.6 Å². The number of aromatic nitrogens is 2. The molecule has 0 unspecified atom stereocenters. The van der Waals surface area contributed by atoms with Crippen LogP contribution in [0.4, 0.5) is 21.7 Å². The Morgan fingerprint density at radius 2 is 1.75 bits per heavy atom. The van der Waals surface area contributed by atoms with E-state index in [2.05, 4.69) is 20.6 Å². The molecular weight excluding hydrogens is 363 g/mol. The lowest BCUT2D eigenvalue weighted by Gasteiger charge is -2.11. The van der Waals surface area contributed by atoms with E-state index in [4.69, 9.17) is 9.47 Å². The van der Waals surface area contributed by atoms with Crippen LogP contribution in [0.1, 0.15) is 16.2 Å². The van der Waals surface area contributed by atoms with Crippen molar-refractivity contribution in [2.45, 2.75) is 6.92 Å². The Labute approximate surface area is 161 Å². The number of hydrogen-bond donors (Lipinski definition) is 2. The van der Waals surface area contributed by atoms with Gasteiger partial charge in [-0.3, -0.25) is 4.79 Å². The molecule has 3 aromatic rings. The number of carbonyl (C=O) groups excluding carboxylic acids is 1. The Morgan fingerprint density at radius 3 is 2.46 bits per heavy atom. The number of halogens is 1. The zero-order valence-electron chi connectivity index (χ0n) is 15.6. The summed E-state index contributed by atoms with van der Waals surface area (Å²) >= 11 is 0. The molecule has 0 bridgehead atoms. The van der Waals surface area contributed by atoms with Gasteiger partial charge in [0.1, 0.15) is 11.5 Å². The normalized spacial score (nSPS) is 10.3. The van der Waals surface area contributed by atoms with E-state index in [1.54, 1.807) is 51.5 Å². The molecule has 2 aromatic carbocycles. The minimum Gasteiger partial charge on any atom is -0.493 e. The number of ether oxygens (including phenoxy) is 2. The summed E-state index contributed by atoms with van der Waals surface area (Å²) in [4.78, 5) is 21.0. The predicted molar refractivity (Wildman–Crippen MR) is 104 cm³/mol. The fourth-order valence-electron chi connectivity index (χ4n) is 2.55. The molecule has 144 valence electrons. The topological polar surface area (TPSA) is 85.4 Å². The van der Waals surface area contributed by atoms with E-state index in [0.717, 1.165) is 0 Å². The van der Waals surface area contributed by atoms with Crippen molar-refractivity contribution >= 4 is 23.2 Å². The smallest absolute Gasteiger partial charge is 0.274 e. The van der Waals surface area contributed by atoms with Gasteiger partial charge >= 0.3 is 0 Å². The van der Waals surface area contributed by atoms with Crippen molar-refractivity contribution in [3.63, 3.8) is 0 Å². The van der Waals surface area contributed by atoms with Crippen molar-refractivity contribution in [2.75, 3.05) is 24.9 Å². The Bertz CT molecular complexity index is 1010. The van der Waals surface area contributed by atoms with Gasteiger partial charge in [-0.1, -0.05) is 6.07 Å². The molecule has 0 saturated heterocycles. The van der Waals surface area contributed by atoms with Gasteiger partial charge in [-0.25, -0.2) is 14.4 Å². The van der Waals surface area contributed by atoms with Crippen LogP contribution in [0, 0.1) is 12.7 Å². The standard InChI is InChI=1S/C20H19FN4O3/c1-12-9-16(19(26)23-14-6-4-5-13(21)10-14)25-20(22-12)24-15-7-8-17(27-2)18(11-15)28-3/h4-11H,1-3H3,(H,23,26)(H,22,24,25). The second-order valence-electron chi connectivity index (χ2n) is 5.88. The summed E-state index contributed by atoms with van der Waals surface area (Å²) in [5.41, 5.74) is 1.76. The molecule has 0 saturated carbocycles. The number of methoxy groups -OCH3 is 2. The lowest BCUT2D eigenvalue weighted by Crippen LogP contribution is -2.15. The highest BCUT2D eigenvalue weighted by atomic mass is 19.1. The second kappa shape index (κ2) is 8.34. The zero-order valence-corrected chi connectivity index (χ0v) is 15.6. The van der Waals surface area contributed by atoms with Crippen LogP contribution >= 0.6 is 0 Å². The van der Waals surface area contributed by atoms with Crippen molar-refractivity contribution in [3.05, 3.63) is 65.7 Å².